The van der Waals surface area contributed by atoms with E-state index in [1.54, 1.807) is 34.6 Å². The van der Waals surface area contributed by atoms with Gasteiger partial charge in [-0.05, 0) is 54.7 Å². The maximum Gasteiger partial charge on any atom is 0.244 e. The zero-order valence-electron chi connectivity index (χ0n) is 18.1. The van der Waals surface area contributed by atoms with Gasteiger partial charge in [0.2, 0.25) is 15.9 Å². The molecule has 1 aliphatic heterocycles. The Balaban J connectivity index is 1.30. The van der Waals surface area contributed by atoms with E-state index in [0.717, 1.165) is 43.2 Å². The van der Waals surface area contributed by atoms with Gasteiger partial charge in [0.25, 0.3) is 0 Å². The number of nitrogens with one attached hydrogen (secondary N) is 2. The third-order valence-corrected chi connectivity index (χ3v) is 7.79. The number of para-hydroxylation sites is 1. The van der Waals surface area contributed by atoms with Crippen molar-refractivity contribution >= 4 is 32.9 Å². The highest BCUT2D eigenvalue weighted by molar-refractivity contribution is 7.89. The fraction of sp³-hybridized carbons (Fsp3) is 0.320. The molecule has 2 N–H and O–H groups in total. The number of sulfonamides is 1. The van der Waals surface area contributed by atoms with Gasteiger partial charge in [-0.2, -0.15) is 4.31 Å². The number of hydrogen-bond donors (Lipinski definition) is 2. The lowest BCUT2D eigenvalue weighted by molar-refractivity contribution is -0.116. The minimum Gasteiger partial charge on any atom is -0.361 e. The minimum absolute atomic E-state index is 0.175. The molecule has 1 fully saturated rings. The number of aromatic nitrogens is 1. The molecule has 1 aliphatic rings. The smallest absolute Gasteiger partial charge is 0.244 e. The number of rotatable bonds is 7. The first-order valence-corrected chi connectivity index (χ1v) is 12.6. The van der Waals surface area contributed by atoms with E-state index in [0.29, 0.717) is 24.5 Å². The Morgan fingerprint density at radius 1 is 1.00 bits per heavy atom. The molecule has 0 aliphatic carbocycles. The number of carbonyl (C=O) groups excluding carboxylic acids is 1. The monoisotopic (exact) mass is 451 g/mol. The van der Waals surface area contributed by atoms with Gasteiger partial charge in [-0.15, -0.1) is 0 Å². The van der Waals surface area contributed by atoms with Crippen molar-refractivity contribution in [3.05, 3.63) is 71.9 Å². The fourth-order valence-electron chi connectivity index (χ4n) is 4.07. The summed E-state index contributed by atoms with van der Waals surface area (Å²) in [6, 6.07) is 14.8. The van der Waals surface area contributed by atoms with E-state index in [-0.39, 0.29) is 5.91 Å². The predicted octanol–water partition coefficient (Wildman–Crippen LogP) is 4.10. The normalized spacial score (nSPS) is 15.8. The number of hydrogen-bond acceptors (Lipinski definition) is 3. The van der Waals surface area contributed by atoms with Crippen LogP contribution < -0.4 is 5.32 Å². The molecule has 168 valence electrons. The van der Waals surface area contributed by atoms with Crippen LogP contribution in [0, 0.1) is 0 Å². The molecule has 0 radical (unpaired) electrons. The molecule has 32 heavy (non-hydrogen) atoms. The quantitative estimate of drug-likeness (QED) is 0.531. The molecule has 7 heteroatoms. The summed E-state index contributed by atoms with van der Waals surface area (Å²) >= 11 is 0. The summed E-state index contributed by atoms with van der Waals surface area (Å²) in [4.78, 5) is 15.7. The molecule has 1 saturated heterocycles. The third kappa shape index (κ3) is 5.29. The molecule has 2 heterocycles. The zero-order valence-corrected chi connectivity index (χ0v) is 18.9. The van der Waals surface area contributed by atoms with Gasteiger partial charge in [-0.25, -0.2) is 8.42 Å². The SMILES string of the molecule is O=C(/C=C/c1ccc(S(=O)(=O)N2CCCCCC2)cc1)NCCc1c[nH]c2ccccc12. The van der Waals surface area contributed by atoms with Crippen LogP contribution in [0.4, 0.5) is 0 Å². The summed E-state index contributed by atoms with van der Waals surface area (Å²) in [6.45, 7) is 1.71. The molecule has 0 saturated carbocycles. The van der Waals surface area contributed by atoms with E-state index in [1.807, 2.05) is 24.4 Å². The van der Waals surface area contributed by atoms with Crippen LogP contribution in [0.15, 0.2) is 65.7 Å². The van der Waals surface area contributed by atoms with Crippen LogP contribution in [-0.4, -0.2) is 43.2 Å². The second-order valence-corrected chi connectivity index (χ2v) is 10.1. The minimum atomic E-state index is -3.46. The molecule has 1 aromatic heterocycles. The van der Waals surface area contributed by atoms with E-state index >= 15 is 0 Å². The Bertz CT molecular complexity index is 1190. The van der Waals surface area contributed by atoms with Crippen LogP contribution in [0.2, 0.25) is 0 Å². The van der Waals surface area contributed by atoms with Gasteiger partial charge >= 0.3 is 0 Å². The van der Waals surface area contributed by atoms with Crippen LogP contribution in [-0.2, 0) is 21.2 Å². The molecule has 2 aromatic carbocycles. The van der Waals surface area contributed by atoms with Crippen LogP contribution in [0.3, 0.4) is 0 Å². The molecule has 4 rings (SSSR count). The summed E-state index contributed by atoms with van der Waals surface area (Å²) in [7, 11) is -3.46. The van der Waals surface area contributed by atoms with Crippen LogP contribution in [0.1, 0.15) is 36.8 Å². The van der Waals surface area contributed by atoms with E-state index in [9.17, 15) is 13.2 Å². The standard InChI is InChI=1S/C25H29N3O3S/c29-25(26-16-15-21-19-27-24-8-4-3-7-23(21)24)14-11-20-9-12-22(13-10-20)32(30,31)28-17-5-1-2-6-18-28/h3-4,7-14,19,27H,1-2,5-6,15-18H2,(H,26,29)/b14-11+. The summed E-state index contributed by atoms with van der Waals surface area (Å²) in [5, 5.41) is 4.07. The predicted molar refractivity (Wildman–Crippen MR) is 128 cm³/mol. The number of amides is 1. The number of benzene rings is 2. The van der Waals surface area contributed by atoms with Gasteiger partial charge in [0.05, 0.1) is 4.90 Å². The number of fused-ring (bicyclic) bond motifs is 1. The van der Waals surface area contributed by atoms with Gasteiger partial charge in [0.1, 0.15) is 0 Å². The maximum atomic E-state index is 12.9. The van der Waals surface area contributed by atoms with Crippen LogP contribution in [0.5, 0.6) is 0 Å². The Morgan fingerprint density at radius 3 is 2.47 bits per heavy atom. The number of aromatic amines is 1. The van der Waals surface area contributed by atoms with Gasteiger partial charge in [-0.3, -0.25) is 4.79 Å². The highest BCUT2D eigenvalue weighted by atomic mass is 32.2. The number of H-pyrrole nitrogens is 1. The summed E-state index contributed by atoms with van der Waals surface area (Å²) in [5.74, 6) is -0.175. The van der Waals surface area contributed by atoms with E-state index in [4.69, 9.17) is 0 Å². The topological polar surface area (TPSA) is 82.3 Å². The van der Waals surface area contributed by atoms with Crippen molar-refractivity contribution in [2.45, 2.75) is 37.0 Å². The second-order valence-electron chi connectivity index (χ2n) is 8.12. The lowest BCUT2D eigenvalue weighted by atomic mass is 10.1. The highest BCUT2D eigenvalue weighted by Gasteiger charge is 2.24. The first-order chi connectivity index (χ1) is 15.5. The first kappa shape index (κ1) is 22.3. The number of carbonyl (C=O) groups is 1. The van der Waals surface area contributed by atoms with Gasteiger partial charge in [-0.1, -0.05) is 43.2 Å². The molecule has 0 spiro atoms. The molecular formula is C25H29N3O3S. The van der Waals surface area contributed by atoms with Crippen molar-refractivity contribution < 1.29 is 13.2 Å². The molecule has 1 amide bonds. The summed E-state index contributed by atoms with van der Waals surface area (Å²) < 4.78 is 27.3. The molecule has 0 atom stereocenters. The van der Waals surface area contributed by atoms with E-state index in [2.05, 4.69) is 16.4 Å². The van der Waals surface area contributed by atoms with Crippen molar-refractivity contribution in [3.63, 3.8) is 0 Å². The van der Waals surface area contributed by atoms with Crippen molar-refractivity contribution in [2.75, 3.05) is 19.6 Å². The van der Waals surface area contributed by atoms with Crippen LogP contribution in [0.25, 0.3) is 17.0 Å². The van der Waals surface area contributed by atoms with Crippen molar-refractivity contribution in [2.24, 2.45) is 0 Å². The Morgan fingerprint density at radius 2 is 1.72 bits per heavy atom. The van der Waals surface area contributed by atoms with Crippen molar-refractivity contribution in [1.29, 1.82) is 0 Å². The van der Waals surface area contributed by atoms with Gasteiger partial charge in [0.15, 0.2) is 0 Å². The third-order valence-electron chi connectivity index (χ3n) is 5.88. The van der Waals surface area contributed by atoms with E-state index < -0.39 is 10.0 Å². The Labute approximate surface area is 189 Å². The average Bonchev–Trinajstić information content (AvgIpc) is 3.01. The molecular weight excluding hydrogens is 422 g/mol. The fourth-order valence-corrected chi connectivity index (χ4v) is 5.59. The van der Waals surface area contributed by atoms with Crippen molar-refractivity contribution in [1.82, 2.24) is 14.6 Å². The average molecular weight is 452 g/mol. The highest BCUT2D eigenvalue weighted by Crippen LogP contribution is 2.21. The second kappa shape index (κ2) is 10.1. The van der Waals surface area contributed by atoms with Gasteiger partial charge < -0.3 is 10.3 Å². The number of nitrogens with zero attached hydrogens (tertiary/aromatic N) is 1. The molecule has 6 nitrogen and oxygen atoms in total. The van der Waals surface area contributed by atoms with Crippen LogP contribution >= 0.6 is 0 Å². The van der Waals surface area contributed by atoms with Gasteiger partial charge in [0, 0.05) is 42.8 Å². The largest absolute Gasteiger partial charge is 0.361 e. The summed E-state index contributed by atoms with van der Waals surface area (Å²) in [6.07, 6.45) is 9.89. The molecule has 3 aromatic rings. The lowest BCUT2D eigenvalue weighted by Crippen LogP contribution is -2.31. The Kier molecular flexibility index (Phi) is 7.07. The maximum absolute atomic E-state index is 12.9. The lowest BCUT2D eigenvalue weighted by Gasteiger charge is -2.19. The summed E-state index contributed by atoms with van der Waals surface area (Å²) in [5.41, 5.74) is 3.05. The van der Waals surface area contributed by atoms with Crippen molar-refractivity contribution in [3.8, 4) is 0 Å². The molecule has 0 unspecified atom stereocenters. The Hall–Kier alpha value is -2.90. The van der Waals surface area contributed by atoms with E-state index in [1.165, 1.54) is 17.0 Å². The zero-order chi connectivity index (χ0) is 22.4. The molecule has 0 bridgehead atoms. The first-order valence-electron chi connectivity index (χ1n) is 11.2.